The van der Waals surface area contributed by atoms with E-state index in [0.717, 1.165) is 35.0 Å². The third-order valence-corrected chi connectivity index (χ3v) is 6.56. The van der Waals surface area contributed by atoms with E-state index in [-0.39, 0.29) is 23.1 Å². The standard InChI is InChI=1S/C22H25F2N7O3S/c1-30(34-2)21(33)31-22(14-7-4-3-5-8-14,11-6-12-27-19(25)28-20(26)32)35-18(29-31)16-13-15(23)9-10-17(16)24/h3-5,7-10,13H,6,11-12H2,1-2H3,(H5,25,26,27,28,32). The van der Waals surface area contributed by atoms with Crippen LogP contribution in [0.15, 0.2) is 58.6 Å². The number of guanidine groups is 1. The van der Waals surface area contributed by atoms with E-state index in [1.807, 2.05) is 18.2 Å². The molecule has 35 heavy (non-hydrogen) atoms. The monoisotopic (exact) mass is 505 g/mol. The molecule has 1 heterocycles. The van der Waals surface area contributed by atoms with Gasteiger partial charge >= 0.3 is 12.1 Å². The van der Waals surface area contributed by atoms with E-state index in [4.69, 9.17) is 16.3 Å². The van der Waals surface area contributed by atoms with Gasteiger partial charge in [-0.1, -0.05) is 42.1 Å². The predicted octanol–water partition coefficient (Wildman–Crippen LogP) is 2.90. The molecule has 3 rings (SSSR count). The van der Waals surface area contributed by atoms with Gasteiger partial charge in [-0.2, -0.15) is 10.1 Å². The number of aliphatic imine (C=N–C) groups is 1. The number of carbonyl (C=O) groups is 2. The number of hydrazone groups is 1. The number of thioether (sulfide) groups is 1. The number of hydrogen-bond acceptors (Lipinski definition) is 6. The van der Waals surface area contributed by atoms with Crippen LogP contribution in [0.5, 0.6) is 0 Å². The van der Waals surface area contributed by atoms with Crippen LogP contribution < -0.4 is 16.8 Å². The lowest BCUT2D eigenvalue weighted by molar-refractivity contribution is -0.0805. The predicted molar refractivity (Wildman–Crippen MR) is 129 cm³/mol. The Bertz CT molecular complexity index is 1150. The molecule has 0 spiro atoms. The first kappa shape index (κ1) is 25.9. The van der Waals surface area contributed by atoms with Gasteiger partial charge in [-0.25, -0.2) is 23.4 Å². The van der Waals surface area contributed by atoms with Crippen molar-refractivity contribution in [3.05, 3.63) is 71.3 Å². The number of rotatable bonds is 7. The Labute approximate surface area is 204 Å². The summed E-state index contributed by atoms with van der Waals surface area (Å²) in [5, 5.41) is 8.90. The Morgan fingerprint density at radius 1 is 1.23 bits per heavy atom. The first-order chi connectivity index (χ1) is 16.7. The molecule has 1 aliphatic rings. The van der Waals surface area contributed by atoms with E-state index in [9.17, 15) is 18.4 Å². The molecular formula is C22H25F2N7O3S. The highest BCUT2D eigenvalue weighted by Gasteiger charge is 2.49. The molecule has 0 radical (unpaired) electrons. The summed E-state index contributed by atoms with van der Waals surface area (Å²) >= 11 is 1.12. The molecule has 1 aliphatic heterocycles. The second-order valence-electron chi connectivity index (χ2n) is 7.42. The molecule has 186 valence electrons. The van der Waals surface area contributed by atoms with E-state index in [0.29, 0.717) is 18.4 Å². The molecule has 1 unspecified atom stereocenters. The Morgan fingerprint density at radius 2 is 1.94 bits per heavy atom. The Morgan fingerprint density at radius 3 is 2.60 bits per heavy atom. The number of nitrogens with two attached hydrogens (primary N) is 2. The summed E-state index contributed by atoms with van der Waals surface area (Å²) in [6.45, 7) is 0.188. The van der Waals surface area contributed by atoms with Crippen LogP contribution in [0.4, 0.5) is 18.4 Å². The minimum atomic E-state index is -1.14. The molecular weight excluding hydrogens is 480 g/mol. The summed E-state index contributed by atoms with van der Waals surface area (Å²) in [4.78, 5) is 32.2. The van der Waals surface area contributed by atoms with Crippen LogP contribution in [0.2, 0.25) is 0 Å². The van der Waals surface area contributed by atoms with Gasteiger partial charge in [0.25, 0.3) is 0 Å². The summed E-state index contributed by atoms with van der Waals surface area (Å²) in [5.41, 5.74) is 11.3. The second-order valence-corrected chi connectivity index (χ2v) is 8.68. The van der Waals surface area contributed by atoms with Crippen molar-refractivity contribution in [2.75, 3.05) is 20.7 Å². The zero-order valence-electron chi connectivity index (χ0n) is 19.1. The van der Waals surface area contributed by atoms with E-state index in [2.05, 4.69) is 15.4 Å². The van der Waals surface area contributed by atoms with Gasteiger partial charge in [-0.15, -0.1) is 0 Å². The van der Waals surface area contributed by atoms with E-state index >= 15 is 0 Å². The molecule has 0 bridgehead atoms. The van der Waals surface area contributed by atoms with Crippen LogP contribution in [0.1, 0.15) is 24.0 Å². The number of nitrogens with zero attached hydrogens (tertiary/aromatic N) is 4. The first-order valence-corrected chi connectivity index (χ1v) is 11.3. The quantitative estimate of drug-likeness (QED) is 0.230. The molecule has 2 aromatic rings. The van der Waals surface area contributed by atoms with Gasteiger partial charge in [0.2, 0.25) is 0 Å². The van der Waals surface area contributed by atoms with Crippen LogP contribution in [-0.2, 0) is 9.71 Å². The van der Waals surface area contributed by atoms with Gasteiger partial charge in [-0.05, 0) is 36.6 Å². The SMILES string of the molecule is CON(C)C(=O)N1N=C(c2cc(F)ccc2F)SC1(CCCN=C(N)NC(N)=O)c1ccccc1. The number of benzene rings is 2. The van der Waals surface area contributed by atoms with Gasteiger partial charge in [0.15, 0.2) is 5.96 Å². The average molecular weight is 506 g/mol. The van der Waals surface area contributed by atoms with E-state index in [1.165, 1.54) is 19.2 Å². The van der Waals surface area contributed by atoms with Crippen molar-refractivity contribution < 1.29 is 23.2 Å². The van der Waals surface area contributed by atoms with Crippen molar-refractivity contribution in [3.63, 3.8) is 0 Å². The van der Waals surface area contributed by atoms with Crippen molar-refractivity contribution in [2.45, 2.75) is 17.7 Å². The number of primary amides is 1. The molecule has 10 nitrogen and oxygen atoms in total. The van der Waals surface area contributed by atoms with Gasteiger partial charge in [-0.3, -0.25) is 15.1 Å². The Kier molecular flexibility index (Phi) is 8.25. The molecule has 0 aliphatic carbocycles. The molecule has 2 aromatic carbocycles. The normalized spacial score (nSPS) is 17.8. The molecule has 4 amide bonds. The fraction of sp³-hybridized carbons (Fsp3) is 0.273. The lowest BCUT2D eigenvalue weighted by Gasteiger charge is -2.37. The average Bonchev–Trinajstić information content (AvgIpc) is 3.23. The van der Waals surface area contributed by atoms with Gasteiger partial charge in [0, 0.05) is 19.2 Å². The van der Waals surface area contributed by atoms with Crippen LogP contribution >= 0.6 is 11.8 Å². The Hall–Kier alpha value is -3.71. The van der Waals surface area contributed by atoms with Crippen LogP contribution in [0.3, 0.4) is 0 Å². The zero-order chi connectivity index (χ0) is 25.6. The molecule has 0 fully saturated rings. The van der Waals surface area contributed by atoms with Crippen molar-refractivity contribution in [1.29, 1.82) is 0 Å². The maximum atomic E-state index is 14.7. The first-order valence-electron chi connectivity index (χ1n) is 10.4. The molecule has 0 aromatic heterocycles. The van der Waals surface area contributed by atoms with E-state index < -0.39 is 28.6 Å². The summed E-state index contributed by atoms with van der Waals surface area (Å²) in [6, 6.07) is 10.6. The van der Waals surface area contributed by atoms with Gasteiger partial charge in [0.05, 0.1) is 7.11 Å². The van der Waals surface area contributed by atoms with E-state index in [1.54, 1.807) is 12.1 Å². The topological polar surface area (TPSA) is 139 Å². The van der Waals surface area contributed by atoms with Crippen molar-refractivity contribution in [1.82, 2.24) is 15.4 Å². The smallest absolute Gasteiger partial charge is 0.365 e. The van der Waals surface area contributed by atoms with Crippen LogP contribution in [-0.4, -0.2) is 53.8 Å². The number of hydrogen-bond donors (Lipinski definition) is 3. The number of hydroxylamine groups is 2. The summed E-state index contributed by atoms with van der Waals surface area (Å²) in [5.74, 6) is -1.46. The van der Waals surface area contributed by atoms with Gasteiger partial charge < -0.3 is 11.5 Å². The third-order valence-electron chi connectivity index (χ3n) is 5.11. The number of halogens is 2. The summed E-state index contributed by atoms with van der Waals surface area (Å²) < 4.78 is 28.6. The molecule has 5 N–H and O–H groups in total. The minimum absolute atomic E-state index is 0.0707. The number of urea groups is 2. The van der Waals surface area contributed by atoms with Crippen molar-refractivity contribution in [2.24, 2.45) is 21.6 Å². The Balaban J connectivity index is 2.03. The minimum Gasteiger partial charge on any atom is -0.370 e. The summed E-state index contributed by atoms with van der Waals surface area (Å²) in [6.07, 6.45) is 0.681. The lowest BCUT2D eigenvalue weighted by atomic mass is 10.0. The largest absolute Gasteiger partial charge is 0.370 e. The molecule has 1 atom stereocenters. The van der Waals surface area contributed by atoms with Gasteiger partial charge in [0.1, 0.15) is 21.5 Å². The molecule has 0 saturated carbocycles. The highest BCUT2D eigenvalue weighted by Crippen LogP contribution is 2.51. The van der Waals surface area contributed by atoms with Crippen LogP contribution in [0, 0.1) is 11.6 Å². The fourth-order valence-corrected chi connectivity index (χ4v) is 4.85. The van der Waals surface area contributed by atoms with Crippen molar-refractivity contribution in [3.8, 4) is 0 Å². The lowest BCUT2D eigenvalue weighted by Crippen LogP contribution is -2.47. The second kappa shape index (κ2) is 11.1. The molecule has 0 saturated heterocycles. The van der Waals surface area contributed by atoms with Crippen molar-refractivity contribution >= 4 is 34.8 Å². The number of amides is 4. The number of nitrogens with one attached hydrogen (secondary N) is 1. The highest BCUT2D eigenvalue weighted by atomic mass is 32.2. The third kappa shape index (κ3) is 5.87. The van der Waals surface area contributed by atoms with Crippen LogP contribution in [0.25, 0.3) is 0 Å². The highest BCUT2D eigenvalue weighted by molar-refractivity contribution is 8.15. The maximum Gasteiger partial charge on any atom is 0.365 e. The molecule has 13 heteroatoms. The summed E-state index contributed by atoms with van der Waals surface area (Å²) in [7, 11) is 2.74. The number of carbonyl (C=O) groups excluding carboxylic acids is 2. The zero-order valence-corrected chi connectivity index (χ0v) is 19.9. The maximum absolute atomic E-state index is 14.7. The fourth-order valence-electron chi connectivity index (χ4n) is 3.44.